The van der Waals surface area contributed by atoms with Crippen molar-refractivity contribution in [2.45, 2.75) is 19.4 Å². The zero-order valence-electron chi connectivity index (χ0n) is 13.1. The molecule has 5 nitrogen and oxygen atoms in total. The molecule has 24 heavy (non-hydrogen) atoms. The topological polar surface area (TPSA) is 56.5 Å². The number of hydrogen-bond donors (Lipinski definition) is 0. The quantitative estimate of drug-likeness (QED) is 0.568. The predicted octanol–water partition coefficient (Wildman–Crippen LogP) is 3.50. The zero-order chi connectivity index (χ0) is 15.9. The van der Waals surface area contributed by atoms with Crippen LogP contribution in [0, 0.1) is 0 Å². The number of hydrogen-bond acceptors (Lipinski definition) is 4. The Labute approximate surface area is 139 Å². The fraction of sp³-hybridized carbons (Fsp3) is 0.158. The lowest BCUT2D eigenvalue weighted by Crippen LogP contribution is -1.94. The molecule has 5 rings (SSSR count). The third-order valence-electron chi connectivity index (χ3n) is 4.52. The zero-order valence-corrected chi connectivity index (χ0v) is 13.1. The van der Waals surface area contributed by atoms with Gasteiger partial charge in [-0.2, -0.15) is 5.10 Å². The smallest absolute Gasteiger partial charge is 0.119 e. The Balaban J connectivity index is 1.84. The molecule has 1 aliphatic rings. The van der Waals surface area contributed by atoms with Crippen LogP contribution >= 0.6 is 0 Å². The van der Waals surface area contributed by atoms with Crippen molar-refractivity contribution in [1.29, 1.82) is 0 Å². The average Bonchev–Trinajstić information content (AvgIpc) is 3.23. The second-order valence-corrected chi connectivity index (χ2v) is 5.94. The summed E-state index contributed by atoms with van der Waals surface area (Å²) in [4.78, 5) is 13.5. The predicted molar refractivity (Wildman–Crippen MR) is 92.3 cm³/mol. The maximum absolute atomic E-state index is 4.85. The van der Waals surface area contributed by atoms with Crippen LogP contribution in [0.15, 0.2) is 55.0 Å². The van der Waals surface area contributed by atoms with Crippen molar-refractivity contribution in [2.75, 3.05) is 0 Å². The van der Waals surface area contributed by atoms with Crippen LogP contribution in [0.3, 0.4) is 0 Å². The summed E-state index contributed by atoms with van der Waals surface area (Å²) < 4.78 is 2.12. The Morgan fingerprint density at radius 3 is 2.75 bits per heavy atom. The van der Waals surface area contributed by atoms with Crippen LogP contribution in [0.5, 0.6) is 0 Å². The maximum Gasteiger partial charge on any atom is 0.119 e. The van der Waals surface area contributed by atoms with Gasteiger partial charge in [-0.1, -0.05) is 18.2 Å². The molecule has 4 heterocycles. The van der Waals surface area contributed by atoms with Gasteiger partial charge in [0.2, 0.25) is 0 Å². The van der Waals surface area contributed by atoms with Gasteiger partial charge >= 0.3 is 0 Å². The molecular formula is C19H15N5. The molecule has 0 saturated heterocycles. The Morgan fingerprint density at radius 1 is 0.875 bits per heavy atom. The van der Waals surface area contributed by atoms with E-state index in [1.807, 2.05) is 36.5 Å². The van der Waals surface area contributed by atoms with Crippen molar-refractivity contribution < 1.29 is 0 Å². The molecule has 0 bridgehead atoms. The van der Waals surface area contributed by atoms with Gasteiger partial charge in [-0.05, 0) is 31.0 Å². The Hall–Kier alpha value is -3.08. The van der Waals surface area contributed by atoms with Gasteiger partial charge in [0.25, 0.3) is 0 Å². The number of fused-ring (bicyclic) bond motifs is 2. The van der Waals surface area contributed by atoms with Gasteiger partial charge in [0.15, 0.2) is 0 Å². The first-order chi connectivity index (χ1) is 11.9. The lowest BCUT2D eigenvalue weighted by atomic mass is 9.98. The van der Waals surface area contributed by atoms with Gasteiger partial charge in [0, 0.05) is 42.0 Å². The number of benzene rings is 1. The van der Waals surface area contributed by atoms with Crippen LogP contribution in [-0.4, -0.2) is 24.7 Å². The van der Waals surface area contributed by atoms with Crippen LogP contribution in [0.4, 0.5) is 0 Å². The van der Waals surface area contributed by atoms with Gasteiger partial charge < -0.3 is 0 Å². The van der Waals surface area contributed by atoms with Gasteiger partial charge in [-0.25, -0.2) is 0 Å². The minimum absolute atomic E-state index is 0.898. The summed E-state index contributed by atoms with van der Waals surface area (Å²) in [6.45, 7) is 0.964. The van der Waals surface area contributed by atoms with Gasteiger partial charge in [-0.3, -0.25) is 19.6 Å². The second kappa shape index (κ2) is 5.23. The lowest BCUT2D eigenvalue weighted by Gasteiger charge is -2.07. The third-order valence-corrected chi connectivity index (χ3v) is 4.52. The second-order valence-electron chi connectivity index (χ2n) is 5.94. The van der Waals surface area contributed by atoms with E-state index in [-0.39, 0.29) is 0 Å². The lowest BCUT2D eigenvalue weighted by molar-refractivity contribution is 0.658. The Kier molecular flexibility index (Phi) is 2.91. The van der Waals surface area contributed by atoms with E-state index in [0.717, 1.165) is 52.9 Å². The van der Waals surface area contributed by atoms with E-state index < -0.39 is 0 Å². The highest BCUT2D eigenvalue weighted by Gasteiger charge is 2.25. The fourth-order valence-corrected chi connectivity index (χ4v) is 3.49. The number of rotatable bonds is 2. The largest absolute Gasteiger partial charge is 0.268 e. The third kappa shape index (κ3) is 1.94. The molecule has 0 fully saturated rings. The standard InChI is InChI=1S/C19H15N5/c1-2-9-20-15(6-1)19-17(16-8-4-12-24(16)23-19)13-5-3-7-14-18(13)22-11-10-21-14/h1-3,5-7,9-11H,4,8,12H2. The van der Waals surface area contributed by atoms with Crippen LogP contribution < -0.4 is 0 Å². The Bertz CT molecular complexity index is 1030. The van der Waals surface area contributed by atoms with Crippen LogP contribution in [0.2, 0.25) is 0 Å². The van der Waals surface area contributed by atoms with Crippen molar-refractivity contribution >= 4 is 11.0 Å². The fourth-order valence-electron chi connectivity index (χ4n) is 3.49. The normalized spacial score (nSPS) is 13.3. The first kappa shape index (κ1) is 13.4. The molecule has 3 aromatic heterocycles. The van der Waals surface area contributed by atoms with Crippen molar-refractivity contribution in [1.82, 2.24) is 24.7 Å². The molecule has 0 atom stereocenters. The molecule has 116 valence electrons. The van der Waals surface area contributed by atoms with Gasteiger partial charge in [-0.15, -0.1) is 0 Å². The monoisotopic (exact) mass is 313 g/mol. The number of aryl methyl sites for hydroxylation is 1. The summed E-state index contributed by atoms with van der Waals surface area (Å²) in [6, 6.07) is 12.1. The summed E-state index contributed by atoms with van der Waals surface area (Å²) in [5.41, 5.74) is 7.16. The highest BCUT2D eigenvalue weighted by Crippen LogP contribution is 2.38. The molecule has 0 unspecified atom stereocenters. The SMILES string of the molecule is c1ccc(-c2nn3c(c2-c2cccc4nccnc24)CCC3)nc1. The Morgan fingerprint density at radius 2 is 1.83 bits per heavy atom. The summed E-state index contributed by atoms with van der Waals surface area (Å²) in [5.74, 6) is 0. The molecule has 0 spiro atoms. The molecule has 1 aromatic carbocycles. The van der Waals surface area contributed by atoms with E-state index >= 15 is 0 Å². The molecular weight excluding hydrogens is 298 g/mol. The van der Waals surface area contributed by atoms with E-state index in [1.165, 1.54) is 5.69 Å². The summed E-state index contributed by atoms with van der Waals surface area (Å²) in [6.07, 6.45) is 7.46. The maximum atomic E-state index is 4.85. The molecule has 0 saturated carbocycles. The van der Waals surface area contributed by atoms with E-state index in [9.17, 15) is 0 Å². The number of para-hydroxylation sites is 1. The molecule has 4 aromatic rings. The van der Waals surface area contributed by atoms with Crippen LogP contribution in [0.1, 0.15) is 12.1 Å². The average molecular weight is 313 g/mol. The van der Waals surface area contributed by atoms with Gasteiger partial charge in [0.1, 0.15) is 5.69 Å². The number of pyridine rings is 1. The van der Waals surface area contributed by atoms with E-state index in [0.29, 0.717) is 0 Å². The van der Waals surface area contributed by atoms with Gasteiger partial charge in [0.05, 0.1) is 16.7 Å². The van der Waals surface area contributed by atoms with Crippen molar-refractivity contribution in [2.24, 2.45) is 0 Å². The van der Waals surface area contributed by atoms with E-state index in [4.69, 9.17) is 5.10 Å². The minimum atomic E-state index is 0.898. The van der Waals surface area contributed by atoms with Crippen molar-refractivity contribution in [3.05, 3.63) is 60.7 Å². The highest BCUT2D eigenvalue weighted by atomic mass is 15.3. The van der Waals surface area contributed by atoms with Crippen LogP contribution in [0.25, 0.3) is 33.5 Å². The molecule has 1 aliphatic heterocycles. The highest BCUT2D eigenvalue weighted by molar-refractivity contribution is 5.96. The summed E-state index contributed by atoms with van der Waals surface area (Å²) in [5, 5.41) is 4.85. The number of nitrogens with zero attached hydrogens (tertiary/aromatic N) is 5. The molecule has 0 radical (unpaired) electrons. The molecule has 0 aliphatic carbocycles. The first-order valence-corrected chi connectivity index (χ1v) is 8.13. The van der Waals surface area contributed by atoms with E-state index in [1.54, 1.807) is 12.4 Å². The first-order valence-electron chi connectivity index (χ1n) is 8.13. The summed E-state index contributed by atoms with van der Waals surface area (Å²) >= 11 is 0. The minimum Gasteiger partial charge on any atom is -0.268 e. The van der Waals surface area contributed by atoms with Crippen molar-refractivity contribution in [3.63, 3.8) is 0 Å². The molecule has 0 N–H and O–H groups in total. The van der Waals surface area contributed by atoms with E-state index in [2.05, 4.69) is 25.7 Å². The van der Waals surface area contributed by atoms with Crippen molar-refractivity contribution in [3.8, 4) is 22.5 Å². The number of aromatic nitrogens is 5. The van der Waals surface area contributed by atoms with Crippen LogP contribution in [-0.2, 0) is 13.0 Å². The molecule has 5 heteroatoms. The molecule has 0 amide bonds. The summed E-state index contributed by atoms with van der Waals surface area (Å²) in [7, 11) is 0.